The minimum atomic E-state index is -0.594. The van der Waals surface area contributed by atoms with E-state index < -0.39 is 5.91 Å². The molecular weight excluding hydrogens is 348 g/mol. The van der Waals surface area contributed by atoms with Crippen LogP contribution in [0.2, 0.25) is 0 Å². The summed E-state index contributed by atoms with van der Waals surface area (Å²) in [6.07, 6.45) is 4.01. The number of carbonyl (C=O) groups excluding carboxylic acids is 2. The largest absolute Gasteiger partial charge is 0.493 e. The number of carbonyl (C=O) groups is 2. The Labute approximate surface area is 157 Å². The van der Waals surface area contributed by atoms with Gasteiger partial charge in [0.1, 0.15) is 5.82 Å². The normalized spacial score (nSPS) is 13.3. The second-order valence-electron chi connectivity index (χ2n) is 6.17. The summed E-state index contributed by atoms with van der Waals surface area (Å²) >= 11 is 0. The number of nitrogens with zero attached hydrogens (tertiary/aromatic N) is 2. The van der Waals surface area contributed by atoms with Crippen molar-refractivity contribution in [1.29, 1.82) is 0 Å². The van der Waals surface area contributed by atoms with Gasteiger partial charge >= 0.3 is 0 Å². The van der Waals surface area contributed by atoms with Crippen LogP contribution < -0.4 is 25.4 Å². The van der Waals surface area contributed by atoms with E-state index in [1.807, 2.05) is 12.1 Å². The molecule has 1 saturated heterocycles. The van der Waals surface area contributed by atoms with Gasteiger partial charge in [0.25, 0.3) is 11.8 Å². The monoisotopic (exact) mass is 370 g/mol. The smallest absolute Gasteiger partial charge is 0.255 e. The zero-order valence-corrected chi connectivity index (χ0v) is 15.1. The molecule has 0 atom stereocenters. The van der Waals surface area contributed by atoms with Gasteiger partial charge in [-0.25, -0.2) is 4.98 Å². The van der Waals surface area contributed by atoms with E-state index in [9.17, 15) is 9.59 Å². The number of anilines is 2. The molecule has 2 amide bonds. The summed E-state index contributed by atoms with van der Waals surface area (Å²) in [5, 5.41) is 2.81. The second kappa shape index (κ2) is 8.39. The summed E-state index contributed by atoms with van der Waals surface area (Å²) < 4.78 is 10.5. The number of amides is 2. The third-order valence-corrected chi connectivity index (χ3v) is 4.23. The van der Waals surface area contributed by atoms with E-state index in [1.54, 1.807) is 18.3 Å². The number of rotatable bonds is 7. The van der Waals surface area contributed by atoms with Crippen molar-refractivity contribution < 1.29 is 19.1 Å². The van der Waals surface area contributed by atoms with E-state index in [1.165, 1.54) is 26.0 Å². The third-order valence-electron chi connectivity index (χ3n) is 4.23. The van der Waals surface area contributed by atoms with Crippen LogP contribution in [0.1, 0.15) is 23.2 Å². The Morgan fingerprint density at radius 3 is 2.59 bits per heavy atom. The van der Waals surface area contributed by atoms with Crippen LogP contribution in [0.4, 0.5) is 11.5 Å². The van der Waals surface area contributed by atoms with Gasteiger partial charge in [-0.1, -0.05) is 0 Å². The molecule has 1 fully saturated rings. The lowest BCUT2D eigenvalue weighted by molar-refractivity contribution is -0.119. The molecule has 2 heterocycles. The van der Waals surface area contributed by atoms with Gasteiger partial charge < -0.3 is 25.4 Å². The fraction of sp³-hybridized carbons (Fsp3) is 0.316. The second-order valence-corrected chi connectivity index (χ2v) is 6.17. The quantitative estimate of drug-likeness (QED) is 0.770. The summed E-state index contributed by atoms with van der Waals surface area (Å²) in [5.41, 5.74) is 6.07. The highest BCUT2D eigenvalue weighted by molar-refractivity contribution is 6.04. The van der Waals surface area contributed by atoms with E-state index in [0.29, 0.717) is 22.7 Å². The van der Waals surface area contributed by atoms with Crippen molar-refractivity contribution in [2.45, 2.75) is 12.8 Å². The maximum atomic E-state index is 12.5. The van der Waals surface area contributed by atoms with Gasteiger partial charge in [-0.2, -0.15) is 0 Å². The molecule has 8 heteroatoms. The van der Waals surface area contributed by atoms with Crippen molar-refractivity contribution in [3.63, 3.8) is 0 Å². The highest BCUT2D eigenvalue weighted by Crippen LogP contribution is 2.28. The molecule has 0 bridgehead atoms. The summed E-state index contributed by atoms with van der Waals surface area (Å²) in [4.78, 5) is 30.0. The Balaban J connectivity index is 1.67. The maximum absolute atomic E-state index is 12.5. The average molecular weight is 370 g/mol. The van der Waals surface area contributed by atoms with E-state index in [2.05, 4.69) is 15.2 Å². The van der Waals surface area contributed by atoms with Crippen molar-refractivity contribution in [3.05, 3.63) is 42.1 Å². The summed E-state index contributed by atoms with van der Waals surface area (Å²) in [6.45, 7) is 1.77. The lowest BCUT2D eigenvalue weighted by Crippen LogP contribution is -2.20. The van der Waals surface area contributed by atoms with Gasteiger partial charge in [-0.15, -0.1) is 0 Å². The molecule has 3 rings (SSSR count). The van der Waals surface area contributed by atoms with Crippen LogP contribution in [0, 0.1) is 0 Å². The SMILES string of the molecule is COc1cc(C(=O)Nc2ccc(N3CCCC3)nc2)ccc1OCC(N)=O. The number of hydrogen-bond acceptors (Lipinski definition) is 6. The molecule has 142 valence electrons. The Hall–Kier alpha value is -3.29. The van der Waals surface area contributed by atoms with Crippen LogP contribution in [0.3, 0.4) is 0 Å². The van der Waals surface area contributed by atoms with Crippen LogP contribution in [0.5, 0.6) is 11.5 Å². The van der Waals surface area contributed by atoms with Crippen molar-refractivity contribution >= 4 is 23.3 Å². The van der Waals surface area contributed by atoms with E-state index in [0.717, 1.165) is 18.9 Å². The van der Waals surface area contributed by atoms with Crippen LogP contribution >= 0.6 is 0 Å². The number of nitrogens with two attached hydrogens (primary N) is 1. The zero-order valence-electron chi connectivity index (χ0n) is 15.1. The van der Waals surface area contributed by atoms with Crippen molar-refractivity contribution in [2.24, 2.45) is 5.73 Å². The molecule has 3 N–H and O–H groups in total. The number of aromatic nitrogens is 1. The topological polar surface area (TPSA) is 107 Å². The minimum Gasteiger partial charge on any atom is -0.493 e. The molecule has 0 radical (unpaired) electrons. The first kappa shape index (κ1) is 18.5. The predicted molar refractivity (Wildman–Crippen MR) is 101 cm³/mol. The highest BCUT2D eigenvalue weighted by Gasteiger charge is 2.15. The van der Waals surface area contributed by atoms with Crippen LogP contribution in [-0.4, -0.2) is 43.6 Å². The molecule has 0 unspecified atom stereocenters. The maximum Gasteiger partial charge on any atom is 0.255 e. The number of nitrogens with one attached hydrogen (secondary N) is 1. The molecule has 0 aliphatic carbocycles. The lowest BCUT2D eigenvalue weighted by Gasteiger charge is -2.16. The zero-order chi connectivity index (χ0) is 19.2. The van der Waals surface area contributed by atoms with Crippen LogP contribution in [0.25, 0.3) is 0 Å². The van der Waals surface area contributed by atoms with Crippen LogP contribution in [-0.2, 0) is 4.79 Å². The highest BCUT2D eigenvalue weighted by atomic mass is 16.5. The van der Waals surface area contributed by atoms with Gasteiger partial charge in [-0.3, -0.25) is 9.59 Å². The van der Waals surface area contributed by atoms with Crippen molar-refractivity contribution in [2.75, 3.05) is 37.0 Å². The van der Waals surface area contributed by atoms with Gasteiger partial charge in [0.05, 0.1) is 19.0 Å². The average Bonchev–Trinajstić information content (AvgIpc) is 3.21. The molecule has 8 nitrogen and oxygen atoms in total. The molecule has 27 heavy (non-hydrogen) atoms. The molecular formula is C19H22N4O4. The molecule has 2 aromatic rings. The fourth-order valence-electron chi connectivity index (χ4n) is 2.87. The summed E-state index contributed by atoms with van der Waals surface area (Å²) in [7, 11) is 1.45. The third kappa shape index (κ3) is 4.66. The number of hydrogen-bond donors (Lipinski definition) is 2. The molecule has 1 aliphatic heterocycles. The van der Waals surface area contributed by atoms with Gasteiger partial charge in [0.15, 0.2) is 18.1 Å². The molecule has 1 aromatic carbocycles. The minimum absolute atomic E-state index is 0.267. The Kier molecular flexibility index (Phi) is 5.75. The number of benzene rings is 1. The standard InChI is InChI=1S/C19H22N4O4/c1-26-16-10-13(4-6-15(16)27-12-17(20)24)19(25)22-14-5-7-18(21-11-14)23-8-2-3-9-23/h4-7,10-11H,2-3,8-9,12H2,1H3,(H2,20,24)(H,22,25). The lowest BCUT2D eigenvalue weighted by atomic mass is 10.2. The van der Waals surface area contributed by atoms with Gasteiger partial charge in [0.2, 0.25) is 0 Å². The molecule has 1 aliphatic rings. The first-order valence-corrected chi connectivity index (χ1v) is 8.68. The Morgan fingerprint density at radius 2 is 1.96 bits per heavy atom. The summed E-state index contributed by atoms with van der Waals surface area (Å²) in [5.74, 6) is 0.702. The number of methoxy groups -OCH3 is 1. The fourth-order valence-corrected chi connectivity index (χ4v) is 2.87. The Bertz CT molecular complexity index is 817. The first-order chi connectivity index (χ1) is 13.1. The summed E-state index contributed by atoms with van der Waals surface area (Å²) in [6, 6.07) is 8.42. The van der Waals surface area contributed by atoms with E-state index in [4.69, 9.17) is 15.2 Å². The number of ether oxygens (including phenoxy) is 2. The predicted octanol–water partition coefficient (Wildman–Crippen LogP) is 1.81. The van der Waals surface area contributed by atoms with E-state index in [-0.39, 0.29) is 12.5 Å². The van der Waals surface area contributed by atoms with E-state index >= 15 is 0 Å². The first-order valence-electron chi connectivity index (χ1n) is 8.68. The van der Waals surface area contributed by atoms with Crippen LogP contribution in [0.15, 0.2) is 36.5 Å². The van der Waals surface area contributed by atoms with Gasteiger partial charge in [-0.05, 0) is 43.2 Å². The number of pyridine rings is 1. The Morgan fingerprint density at radius 1 is 1.19 bits per heavy atom. The molecule has 0 saturated carbocycles. The molecule has 1 aromatic heterocycles. The van der Waals surface area contributed by atoms with Gasteiger partial charge in [0, 0.05) is 18.7 Å². The number of primary amides is 1. The molecule has 0 spiro atoms. The van der Waals surface area contributed by atoms with Crippen molar-refractivity contribution in [3.8, 4) is 11.5 Å². The van der Waals surface area contributed by atoms with Crippen molar-refractivity contribution in [1.82, 2.24) is 4.98 Å².